The molecule has 0 radical (unpaired) electrons. The van der Waals surface area contributed by atoms with E-state index in [4.69, 9.17) is 0 Å². The highest BCUT2D eigenvalue weighted by atomic mass is 32.2. The van der Waals surface area contributed by atoms with Gasteiger partial charge in [0, 0.05) is 17.0 Å². The Balaban J connectivity index is 1.55. The number of thioether (sulfide) groups is 1. The van der Waals surface area contributed by atoms with Gasteiger partial charge >= 0.3 is 0 Å². The van der Waals surface area contributed by atoms with Crippen LogP contribution in [0.3, 0.4) is 0 Å². The number of nitrogens with zero attached hydrogens (tertiary/aromatic N) is 2. The smallest absolute Gasteiger partial charge is 0.269 e. The average Bonchev–Trinajstić information content (AvgIpc) is 3.15. The van der Waals surface area contributed by atoms with E-state index in [2.05, 4.69) is 46.3 Å². The lowest BCUT2D eigenvalue weighted by Gasteiger charge is -2.25. The van der Waals surface area contributed by atoms with Gasteiger partial charge in [0.05, 0.1) is 12.2 Å². The quantitative estimate of drug-likeness (QED) is 0.664. The van der Waals surface area contributed by atoms with Gasteiger partial charge in [0.2, 0.25) is 0 Å². The average molecular weight is 382 g/mol. The van der Waals surface area contributed by atoms with Crippen molar-refractivity contribution in [3.8, 4) is 11.3 Å². The zero-order valence-corrected chi connectivity index (χ0v) is 15.6. The second-order valence-corrected chi connectivity index (χ2v) is 7.20. The topological polar surface area (TPSA) is 58.9 Å². The summed E-state index contributed by atoms with van der Waals surface area (Å²) in [5.41, 5.74) is 3.09. The Kier molecular flexibility index (Phi) is 4.96. The number of benzene rings is 2. The van der Waals surface area contributed by atoms with Crippen molar-refractivity contribution in [1.82, 2.24) is 20.4 Å². The number of nitrogens with one attached hydrogen (secondary N) is 2. The van der Waals surface area contributed by atoms with Crippen molar-refractivity contribution >= 4 is 17.7 Å². The highest BCUT2D eigenvalue weighted by molar-refractivity contribution is 7.98. The number of amides is 1. The fraction of sp³-hybridized carbons (Fsp3) is 0.200. The van der Waals surface area contributed by atoms with Gasteiger partial charge in [-0.1, -0.05) is 12.1 Å². The molecule has 0 bridgehead atoms. The van der Waals surface area contributed by atoms with E-state index in [1.165, 1.54) is 17.0 Å². The molecule has 7 heteroatoms. The molecule has 1 aromatic heterocycles. The summed E-state index contributed by atoms with van der Waals surface area (Å²) in [4.78, 5) is 13.4. The summed E-state index contributed by atoms with van der Waals surface area (Å²) in [5, 5.41) is 10.9. The number of hydrogen-bond acceptors (Lipinski definition) is 4. The summed E-state index contributed by atoms with van der Waals surface area (Å²) in [6.45, 7) is 1.12. The molecular formula is C20H19FN4OS. The first-order valence-corrected chi connectivity index (χ1v) is 9.86. The minimum absolute atomic E-state index is 0.146. The second kappa shape index (κ2) is 7.54. The van der Waals surface area contributed by atoms with Crippen LogP contribution in [-0.4, -0.2) is 28.5 Å². The Morgan fingerprint density at radius 3 is 2.67 bits per heavy atom. The van der Waals surface area contributed by atoms with E-state index in [0.29, 0.717) is 24.5 Å². The number of rotatable bonds is 5. The lowest BCUT2D eigenvalue weighted by atomic mass is 10.1. The first kappa shape index (κ1) is 17.8. The maximum atomic E-state index is 13.2. The second-order valence-electron chi connectivity index (χ2n) is 6.32. The minimum Gasteiger partial charge on any atom is -0.347 e. The Bertz CT molecular complexity index is 953. The van der Waals surface area contributed by atoms with Crippen LogP contribution in [0.4, 0.5) is 4.39 Å². The molecule has 2 N–H and O–H groups in total. The Labute approximate surface area is 161 Å². The van der Waals surface area contributed by atoms with Gasteiger partial charge < -0.3 is 5.32 Å². The van der Waals surface area contributed by atoms with Crippen LogP contribution in [0.25, 0.3) is 11.3 Å². The number of halogens is 1. The first-order valence-electron chi connectivity index (χ1n) is 8.64. The monoisotopic (exact) mass is 382 g/mol. The summed E-state index contributed by atoms with van der Waals surface area (Å²) in [7, 11) is 0. The molecule has 138 valence electrons. The van der Waals surface area contributed by atoms with Gasteiger partial charge in [0.15, 0.2) is 0 Å². The van der Waals surface area contributed by atoms with Crippen LogP contribution in [-0.2, 0) is 6.54 Å². The van der Waals surface area contributed by atoms with Crippen LogP contribution in [0.5, 0.6) is 0 Å². The molecule has 0 saturated heterocycles. The van der Waals surface area contributed by atoms with Crippen molar-refractivity contribution in [2.75, 3.05) is 12.8 Å². The van der Waals surface area contributed by atoms with Gasteiger partial charge in [-0.25, -0.2) is 9.07 Å². The molecule has 2 aromatic carbocycles. The van der Waals surface area contributed by atoms with E-state index in [1.807, 2.05) is 0 Å². The van der Waals surface area contributed by atoms with Gasteiger partial charge in [-0.3, -0.25) is 10.1 Å². The molecule has 1 atom stereocenters. The van der Waals surface area contributed by atoms with Gasteiger partial charge in [0.25, 0.3) is 5.91 Å². The molecule has 1 aliphatic heterocycles. The van der Waals surface area contributed by atoms with Crippen molar-refractivity contribution < 1.29 is 9.18 Å². The van der Waals surface area contributed by atoms with Gasteiger partial charge in [0.1, 0.15) is 17.7 Å². The number of aromatic nitrogens is 2. The van der Waals surface area contributed by atoms with Crippen molar-refractivity contribution in [3.63, 3.8) is 0 Å². The zero-order valence-electron chi connectivity index (χ0n) is 14.8. The van der Waals surface area contributed by atoms with Crippen LogP contribution in [0, 0.1) is 5.82 Å². The molecule has 5 nitrogen and oxygen atoms in total. The largest absolute Gasteiger partial charge is 0.347 e. The molecule has 1 aliphatic rings. The number of carbonyl (C=O) groups is 1. The van der Waals surface area contributed by atoms with Gasteiger partial charge in [-0.15, -0.1) is 11.8 Å². The van der Waals surface area contributed by atoms with Crippen molar-refractivity contribution in [2.24, 2.45) is 0 Å². The third-order valence-corrected chi connectivity index (χ3v) is 5.30. The third-order valence-electron chi connectivity index (χ3n) is 4.56. The normalized spacial score (nSPS) is 16.1. The van der Waals surface area contributed by atoms with E-state index < -0.39 is 0 Å². The van der Waals surface area contributed by atoms with Gasteiger partial charge in [-0.05, 0) is 54.3 Å². The van der Waals surface area contributed by atoms with Crippen LogP contribution in [0.15, 0.2) is 59.5 Å². The predicted molar refractivity (Wildman–Crippen MR) is 104 cm³/mol. The third kappa shape index (κ3) is 3.74. The molecule has 3 aromatic rings. The fourth-order valence-electron chi connectivity index (χ4n) is 3.07. The summed E-state index contributed by atoms with van der Waals surface area (Å²) in [5.74, 6) is -0.453. The van der Waals surface area contributed by atoms with Crippen LogP contribution >= 0.6 is 11.8 Å². The predicted octanol–water partition coefficient (Wildman–Crippen LogP) is 3.44. The Morgan fingerprint density at radius 2 is 1.96 bits per heavy atom. The summed E-state index contributed by atoms with van der Waals surface area (Å²) < 4.78 is 14.9. The number of fused-ring (bicyclic) bond motifs is 1. The van der Waals surface area contributed by atoms with Crippen molar-refractivity contribution in [2.45, 2.75) is 17.6 Å². The van der Waals surface area contributed by atoms with Crippen molar-refractivity contribution in [3.05, 3.63) is 71.7 Å². The van der Waals surface area contributed by atoms with E-state index >= 15 is 0 Å². The first-order chi connectivity index (χ1) is 13.1. The maximum absolute atomic E-state index is 13.2. The van der Waals surface area contributed by atoms with Gasteiger partial charge in [-0.2, -0.15) is 5.10 Å². The molecule has 4 rings (SSSR count). The van der Waals surface area contributed by atoms with Crippen molar-refractivity contribution in [1.29, 1.82) is 0 Å². The molecule has 1 amide bonds. The summed E-state index contributed by atoms with van der Waals surface area (Å²) in [6, 6.07) is 16.2. The lowest BCUT2D eigenvalue weighted by molar-refractivity contribution is 0.0900. The molecule has 0 unspecified atom stereocenters. The SMILES string of the molecule is CSc1ccc(CN[C@@H]2CNC(=O)c3cc(-c4ccc(F)cc4)nn32)cc1. The zero-order chi connectivity index (χ0) is 18.8. The number of hydrogen-bond donors (Lipinski definition) is 2. The minimum atomic E-state index is -0.299. The Morgan fingerprint density at radius 1 is 1.22 bits per heavy atom. The fourth-order valence-corrected chi connectivity index (χ4v) is 3.48. The Hall–Kier alpha value is -2.64. The van der Waals surface area contributed by atoms with E-state index in [-0.39, 0.29) is 17.9 Å². The highest BCUT2D eigenvalue weighted by Crippen LogP contribution is 2.23. The molecule has 0 fully saturated rings. The summed E-state index contributed by atoms with van der Waals surface area (Å²) >= 11 is 1.71. The van der Waals surface area contributed by atoms with E-state index in [0.717, 1.165) is 11.1 Å². The van der Waals surface area contributed by atoms with Crippen LogP contribution in [0.1, 0.15) is 22.2 Å². The molecule has 27 heavy (non-hydrogen) atoms. The summed E-state index contributed by atoms with van der Waals surface area (Å²) in [6.07, 6.45) is 1.91. The molecule has 2 heterocycles. The van der Waals surface area contributed by atoms with Crippen LogP contribution in [0.2, 0.25) is 0 Å². The molecule has 0 spiro atoms. The standard InChI is InChI=1S/C20H19FN4OS/c1-27-16-8-2-13(3-9-16)11-22-19-12-23-20(26)18-10-17(24-25(18)19)14-4-6-15(21)7-5-14/h2-10,19,22H,11-12H2,1H3,(H,23,26)/t19-/m0/s1. The van der Waals surface area contributed by atoms with Crippen LogP contribution < -0.4 is 10.6 Å². The lowest BCUT2D eigenvalue weighted by Crippen LogP contribution is -2.45. The van der Waals surface area contributed by atoms with E-state index in [1.54, 1.807) is 34.6 Å². The maximum Gasteiger partial charge on any atom is 0.269 e. The highest BCUT2D eigenvalue weighted by Gasteiger charge is 2.27. The molecular weight excluding hydrogens is 363 g/mol. The van der Waals surface area contributed by atoms with E-state index in [9.17, 15) is 9.18 Å². The molecule has 0 saturated carbocycles. The number of carbonyl (C=O) groups excluding carboxylic acids is 1. The molecule has 0 aliphatic carbocycles.